The molecule has 31 heavy (non-hydrogen) atoms. The summed E-state index contributed by atoms with van der Waals surface area (Å²) in [4.78, 5) is 14.1. The Morgan fingerprint density at radius 1 is 1.06 bits per heavy atom. The Hall–Kier alpha value is -2.89. The summed E-state index contributed by atoms with van der Waals surface area (Å²) in [6, 6.07) is 15.9. The van der Waals surface area contributed by atoms with E-state index in [1.165, 1.54) is 0 Å². The summed E-state index contributed by atoms with van der Waals surface area (Å²) >= 11 is 0. The molecule has 1 atom stereocenters. The number of likely N-dealkylation sites (tertiary alicyclic amines) is 1. The van der Waals surface area contributed by atoms with Crippen LogP contribution in [-0.4, -0.2) is 42.8 Å². The van der Waals surface area contributed by atoms with Crippen LogP contribution in [0.5, 0.6) is 11.5 Å². The van der Waals surface area contributed by atoms with Gasteiger partial charge < -0.3 is 24.4 Å². The number of anilines is 1. The molecule has 0 aromatic heterocycles. The Balaban J connectivity index is 1.47. The number of hydrogen-bond donors (Lipinski definition) is 1. The lowest BCUT2D eigenvalue weighted by Crippen LogP contribution is -2.37. The number of nitrogens with zero attached hydrogens (tertiary/aromatic N) is 1. The van der Waals surface area contributed by atoms with E-state index in [9.17, 15) is 4.79 Å². The van der Waals surface area contributed by atoms with Gasteiger partial charge in [0.2, 0.25) is 0 Å². The number of nitrogens with one attached hydrogen (secondary N) is 1. The predicted molar refractivity (Wildman–Crippen MR) is 123 cm³/mol. The van der Waals surface area contributed by atoms with Crippen molar-refractivity contribution in [2.45, 2.75) is 58.3 Å². The Labute approximate surface area is 185 Å². The normalized spacial score (nSPS) is 16.9. The summed E-state index contributed by atoms with van der Waals surface area (Å²) in [6.45, 7) is 7.53. The molecule has 1 aliphatic heterocycles. The molecule has 0 saturated carbocycles. The van der Waals surface area contributed by atoms with Crippen LogP contribution in [-0.2, 0) is 11.3 Å². The monoisotopic (exact) mass is 426 g/mol. The van der Waals surface area contributed by atoms with Gasteiger partial charge in [-0.25, -0.2) is 4.79 Å². The van der Waals surface area contributed by atoms with Crippen molar-refractivity contribution in [3.63, 3.8) is 0 Å². The lowest BCUT2D eigenvalue weighted by molar-refractivity contribution is 0.0252. The van der Waals surface area contributed by atoms with Crippen molar-refractivity contribution >= 4 is 11.8 Å². The lowest BCUT2D eigenvalue weighted by Gasteiger charge is -2.26. The molecule has 0 spiro atoms. The van der Waals surface area contributed by atoms with Crippen molar-refractivity contribution in [2.75, 3.05) is 25.5 Å². The zero-order valence-electron chi connectivity index (χ0n) is 19.0. The molecule has 1 amide bonds. The third kappa shape index (κ3) is 7.39. The second-order valence-corrected chi connectivity index (χ2v) is 8.85. The summed E-state index contributed by atoms with van der Waals surface area (Å²) in [7, 11) is 1.90. The average molecular weight is 427 g/mol. The highest BCUT2D eigenvalue weighted by molar-refractivity contribution is 5.68. The van der Waals surface area contributed by atoms with Crippen LogP contribution in [0.3, 0.4) is 0 Å². The van der Waals surface area contributed by atoms with E-state index in [4.69, 9.17) is 14.2 Å². The van der Waals surface area contributed by atoms with E-state index in [1.807, 2.05) is 70.3 Å². The highest BCUT2D eigenvalue weighted by Gasteiger charge is 2.25. The molecule has 1 aliphatic rings. The zero-order chi connectivity index (χ0) is 22.3. The van der Waals surface area contributed by atoms with Crippen LogP contribution in [0.15, 0.2) is 48.5 Å². The minimum Gasteiger partial charge on any atom is -0.490 e. The van der Waals surface area contributed by atoms with Gasteiger partial charge in [-0.3, -0.25) is 0 Å². The summed E-state index contributed by atoms with van der Waals surface area (Å²) in [5, 5.41) is 3.13. The first-order chi connectivity index (χ1) is 14.8. The van der Waals surface area contributed by atoms with Crippen LogP contribution in [0.2, 0.25) is 0 Å². The van der Waals surface area contributed by atoms with Gasteiger partial charge >= 0.3 is 6.09 Å². The van der Waals surface area contributed by atoms with Crippen LogP contribution < -0.4 is 14.8 Å². The van der Waals surface area contributed by atoms with E-state index in [-0.39, 0.29) is 12.2 Å². The number of carbonyl (C=O) groups excluding carboxylic acids is 1. The van der Waals surface area contributed by atoms with Crippen molar-refractivity contribution in [2.24, 2.45) is 0 Å². The summed E-state index contributed by atoms with van der Waals surface area (Å²) in [5.74, 6) is 1.62. The fourth-order valence-corrected chi connectivity index (χ4v) is 3.48. The molecule has 168 valence electrons. The summed E-state index contributed by atoms with van der Waals surface area (Å²) in [6.07, 6.45) is 2.45. The molecular formula is C25H34N2O4. The maximum atomic E-state index is 12.3. The molecule has 2 aromatic carbocycles. The largest absolute Gasteiger partial charge is 0.490 e. The van der Waals surface area contributed by atoms with Crippen molar-refractivity contribution in [3.8, 4) is 11.5 Å². The molecule has 6 heteroatoms. The maximum Gasteiger partial charge on any atom is 0.410 e. The topological polar surface area (TPSA) is 60.0 Å². The van der Waals surface area contributed by atoms with Crippen LogP contribution >= 0.6 is 0 Å². The van der Waals surface area contributed by atoms with E-state index in [0.717, 1.165) is 42.0 Å². The first-order valence-corrected chi connectivity index (χ1v) is 11.0. The van der Waals surface area contributed by atoms with E-state index in [0.29, 0.717) is 19.7 Å². The molecule has 1 heterocycles. The first-order valence-electron chi connectivity index (χ1n) is 11.0. The van der Waals surface area contributed by atoms with Crippen LogP contribution in [0.4, 0.5) is 10.5 Å². The quantitative estimate of drug-likeness (QED) is 0.663. The molecule has 0 aliphatic carbocycles. The van der Waals surface area contributed by atoms with Gasteiger partial charge in [-0.1, -0.05) is 12.1 Å². The highest BCUT2D eigenvalue weighted by atomic mass is 16.6. The van der Waals surface area contributed by atoms with Crippen LogP contribution in [0, 0.1) is 0 Å². The molecule has 1 N–H and O–H groups in total. The van der Waals surface area contributed by atoms with Gasteiger partial charge in [0.15, 0.2) is 0 Å². The number of carbonyl (C=O) groups is 1. The van der Waals surface area contributed by atoms with Crippen LogP contribution in [0.25, 0.3) is 0 Å². The maximum absolute atomic E-state index is 12.3. The van der Waals surface area contributed by atoms with Gasteiger partial charge in [-0.05, 0) is 75.6 Å². The van der Waals surface area contributed by atoms with Gasteiger partial charge in [0, 0.05) is 32.2 Å². The summed E-state index contributed by atoms with van der Waals surface area (Å²) < 4.78 is 17.6. The van der Waals surface area contributed by atoms with Gasteiger partial charge in [-0.15, -0.1) is 0 Å². The Morgan fingerprint density at radius 3 is 2.52 bits per heavy atom. The van der Waals surface area contributed by atoms with Gasteiger partial charge in [0.05, 0.1) is 0 Å². The third-order valence-corrected chi connectivity index (χ3v) is 5.07. The average Bonchev–Trinajstić information content (AvgIpc) is 2.98. The standard InChI is InChI=1S/C25H34N2O4/c1-25(2,3)31-24(28)27-15-6-9-22(14-16-27)30-23-12-10-21(11-13-23)29-18-19-7-5-8-20(17-19)26-4/h5,7-8,10-13,17,22,26H,6,9,14-16,18H2,1-4H3. The Bertz CT molecular complexity index is 845. The molecule has 1 saturated heterocycles. The second kappa shape index (κ2) is 10.4. The molecule has 0 bridgehead atoms. The fraction of sp³-hybridized carbons (Fsp3) is 0.480. The first kappa shape index (κ1) is 22.8. The predicted octanol–water partition coefficient (Wildman–Crippen LogP) is 5.48. The third-order valence-electron chi connectivity index (χ3n) is 5.07. The Morgan fingerprint density at radius 2 is 1.81 bits per heavy atom. The van der Waals surface area contributed by atoms with Crippen molar-refractivity contribution in [1.29, 1.82) is 0 Å². The molecule has 3 rings (SSSR count). The smallest absolute Gasteiger partial charge is 0.410 e. The zero-order valence-corrected chi connectivity index (χ0v) is 19.0. The van der Waals surface area contributed by atoms with E-state index in [2.05, 4.69) is 11.4 Å². The van der Waals surface area contributed by atoms with Crippen molar-refractivity contribution in [3.05, 3.63) is 54.1 Å². The van der Waals surface area contributed by atoms with Crippen molar-refractivity contribution in [1.82, 2.24) is 4.90 Å². The van der Waals surface area contributed by atoms with Crippen LogP contribution in [0.1, 0.15) is 45.6 Å². The highest BCUT2D eigenvalue weighted by Crippen LogP contribution is 2.23. The van der Waals surface area contributed by atoms with E-state index in [1.54, 1.807) is 4.90 Å². The fourth-order valence-electron chi connectivity index (χ4n) is 3.48. The number of ether oxygens (including phenoxy) is 3. The molecule has 2 aromatic rings. The second-order valence-electron chi connectivity index (χ2n) is 8.85. The van der Waals surface area contributed by atoms with Gasteiger partial charge in [0.25, 0.3) is 0 Å². The van der Waals surface area contributed by atoms with Crippen molar-refractivity contribution < 1.29 is 19.0 Å². The number of benzene rings is 2. The van der Waals surface area contributed by atoms with E-state index < -0.39 is 5.60 Å². The van der Waals surface area contributed by atoms with Gasteiger partial charge in [0.1, 0.15) is 29.8 Å². The van der Waals surface area contributed by atoms with E-state index >= 15 is 0 Å². The summed E-state index contributed by atoms with van der Waals surface area (Å²) in [5.41, 5.74) is 1.71. The molecular weight excluding hydrogens is 392 g/mol. The minimum absolute atomic E-state index is 0.0866. The molecule has 1 fully saturated rings. The Kier molecular flexibility index (Phi) is 7.66. The lowest BCUT2D eigenvalue weighted by atomic mass is 10.1. The minimum atomic E-state index is -0.473. The SMILES string of the molecule is CNc1cccc(COc2ccc(OC3CCCN(C(=O)OC(C)(C)C)CC3)cc2)c1. The number of amides is 1. The molecule has 1 unspecified atom stereocenters. The van der Waals surface area contributed by atoms with Gasteiger partial charge in [-0.2, -0.15) is 0 Å². The number of rotatable bonds is 6. The number of hydrogen-bond acceptors (Lipinski definition) is 5. The molecule has 6 nitrogen and oxygen atoms in total. The molecule has 0 radical (unpaired) electrons.